The molecule has 0 bridgehead atoms. The molecule has 1 heterocycles. The van der Waals surface area contributed by atoms with Crippen LogP contribution in [0.4, 0.5) is 22.0 Å². The average Bonchev–Trinajstić information content (AvgIpc) is 2.83. The fourth-order valence-electron chi connectivity index (χ4n) is 3.74. The van der Waals surface area contributed by atoms with Crippen LogP contribution in [-0.2, 0) is 24.4 Å². The third-order valence-corrected chi connectivity index (χ3v) is 5.47. The average molecular weight is 533 g/mol. The van der Waals surface area contributed by atoms with Gasteiger partial charge >= 0.3 is 12.1 Å². The summed E-state index contributed by atoms with van der Waals surface area (Å²) >= 11 is 0. The number of hydrogen-bond acceptors (Lipinski definition) is 4. The van der Waals surface area contributed by atoms with E-state index in [0.717, 1.165) is 29.8 Å². The molecule has 0 aliphatic carbocycles. The zero-order valence-corrected chi connectivity index (χ0v) is 19.7. The number of hydrogen-bond donors (Lipinski definition) is 2. The number of aromatic nitrogens is 2. The predicted octanol–water partition coefficient (Wildman–Crippen LogP) is 4.70. The van der Waals surface area contributed by atoms with Gasteiger partial charge in [0.25, 0.3) is 11.5 Å². The van der Waals surface area contributed by atoms with Crippen molar-refractivity contribution in [3.63, 3.8) is 0 Å². The van der Waals surface area contributed by atoms with Gasteiger partial charge in [0, 0.05) is 13.5 Å². The smallest absolute Gasteiger partial charge is 0.435 e. The molecule has 4 aromatic rings. The Bertz CT molecular complexity index is 1560. The lowest BCUT2D eigenvalue weighted by molar-refractivity contribution is -0.142. The van der Waals surface area contributed by atoms with Crippen LogP contribution in [0.1, 0.15) is 28.0 Å². The van der Waals surface area contributed by atoms with Crippen LogP contribution >= 0.6 is 0 Å². The van der Waals surface area contributed by atoms with Crippen LogP contribution in [0.5, 0.6) is 0 Å². The summed E-state index contributed by atoms with van der Waals surface area (Å²) in [6.45, 7) is 0. The molecule has 198 valence electrons. The Labute approximate surface area is 211 Å². The van der Waals surface area contributed by atoms with Crippen molar-refractivity contribution >= 4 is 22.6 Å². The molecule has 0 unspecified atom stereocenters. The first-order valence-corrected chi connectivity index (χ1v) is 10.9. The number of fused-ring (bicyclic) bond motifs is 1. The number of carbonyl (C=O) groups excluding carboxylic acids is 1. The monoisotopic (exact) mass is 533 g/mol. The third kappa shape index (κ3) is 6.20. The molecule has 3 N–H and O–H groups in total. The minimum Gasteiger partial charge on any atom is -0.481 e. The maximum atomic E-state index is 13.1. The Morgan fingerprint density at radius 2 is 1.53 bits per heavy atom. The summed E-state index contributed by atoms with van der Waals surface area (Å²) in [5.74, 6) is -3.91. The van der Waals surface area contributed by atoms with Gasteiger partial charge in [0.2, 0.25) is 0 Å². The second-order valence-corrected chi connectivity index (χ2v) is 8.04. The Kier molecular flexibility index (Phi) is 8.24. The van der Waals surface area contributed by atoms with Gasteiger partial charge in [-0.05, 0) is 46.5 Å². The van der Waals surface area contributed by atoms with E-state index in [-0.39, 0.29) is 18.4 Å². The quantitative estimate of drug-likeness (QED) is 0.361. The first-order valence-electron chi connectivity index (χ1n) is 10.9. The number of halogens is 5. The summed E-state index contributed by atoms with van der Waals surface area (Å²) in [5, 5.41) is 13.5. The molecule has 4 rings (SSSR count). The van der Waals surface area contributed by atoms with Crippen molar-refractivity contribution in [3.8, 4) is 11.1 Å². The highest BCUT2D eigenvalue weighted by molar-refractivity contribution is 5.98. The highest BCUT2D eigenvalue weighted by Gasteiger charge is 2.34. The van der Waals surface area contributed by atoms with E-state index in [4.69, 9.17) is 10.8 Å². The minimum atomic E-state index is -4.68. The van der Waals surface area contributed by atoms with Crippen LogP contribution in [0.15, 0.2) is 65.5 Å². The van der Waals surface area contributed by atoms with Crippen molar-refractivity contribution in [2.45, 2.75) is 19.0 Å². The molecule has 0 spiro atoms. The summed E-state index contributed by atoms with van der Waals surface area (Å²) < 4.78 is 65.1. The van der Waals surface area contributed by atoms with E-state index < -0.39 is 46.5 Å². The van der Waals surface area contributed by atoms with Crippen LogP contribution in [-0.4, -0.2) is 26.8 Å². The topological polar surface area (TPSA) is 115 Å². The van der Waals surface area contributed by atoms with Crippen molar-refractivity contribution in [3.05, 3.63) is 99.5 Å². The van der Waals surface area contributed by atoms with Crippen LogP contribution < -0.4 is 11.3 Å². The lowest BCUT2D eigenvalue weighted by Gasteiger charge is -2.13. The Morgan fingerprint density at radius 1 is 0.947 bits per heavy atom. The van der Waals surface area contributed by atoms with Gasteiger partial charge in [-0.3, -0.25) is 14.4 Å². The molecule has 0 radical (unpaired) electrons. The number of nitrogens with two attached hydrogens (primary N) is 1. The fraction of sp³-hybridized carbons (Fsp3) is 0.154. The van der Waals surface area contributed by atoms with E-state index in [2.05, 4.69) is 5.10 Å². The molecule has 3 aromatic carbocycles. The van der Waals surface area contributed by atoms with Gasteiger partial charge in [-0.15, -0.1) is 0 Å². The highest BCUT2D eigenvalue weighted by atomic mass is 19.4. The molecule has 38 heavy (non-hydrogen) atoms. The predicted molar refractivity (Wildman–Crippen MR) is 128 cm³/mol. The van der Waals surface area contributed by atoms with Crippen LogP contribution in [0, 0.1) is 11.6 Å². The molecule has 0 fully saturated rings. The van der Waals surface area contributed by atoms with Crippen molar-refractivity contribution in [1.82, 2.24) is 9.78 Å². The molecular weight excluding hydrogens is 513 g/mol. The van der Waals surface area contributed by atoms with E-state index in [0.29, 0.717) is 21.0 Å². The summed E-state index contributed by atoms with van der Waals surface area (Å²) in [6, 6.07) is 14.0. The van der Waals surface area contributed by atoms with Crippen molar-refractivity contribution in [2.24, 2.45) is 12.8 Å². The lowest BCUT2D eigenvalue weighted by Crippen LogP contribution is -2.25. The standard InChI is InChI=1S/C19H15F3N2O3.C7H5F2NO/c1-24-18(27)15(10-16(23-24)19(20,21)22)14-7-3-5-12-11(8-9-17(25)26)4-2-6-13(12)14;8-4-2-1-3-5(9)6(4)7(10)11/h2-7,10H,8-9H2,1H3,(H,25,26);1-3H,(H2,10,11). The molecular formula is C26H20F5N3O4. The first kappa shape index (κ1) is 28.0. The maximum absolute atomic E-state index is 13.1. The molecule has 7 nitrogen and oxygen atoms in total. The second-order valence-electron chi connectivity index (χ2n) is 8.04. The van der Waals surface area contributed by atoms with Crippen molar-refractivity contribution in [2.75, 3.05) is 0 Å². The van der Waals surface area contributed by atoms with E-state index in [9.17, 15) is 36.3 Å². The zero-order chi connectivity index (χ0) is 28.2. The summed E-state index contributed by atoms with van der Waals surface area (Å²) in [7, 11) is 1.17. The fourth-order valence-corrected chi connectivity index (χ4v) is 3.74. The van der Waals surface area contributed by atoms with Gasteiger partial charge in [-0.1, -0.05) is 42.5 Å². The summed E-state index contributed by atoms with van der Waals surface area (Å²) in [4.78, 5) is 33.7. The molecule has 0 aliphatic rings. The maximum Gasteiger partial charge on any atom is 0.435 e. The van der Waals surface area contributed by atoms with E-state index in [1.54, 1.807) is 36.4 Å². The number of carboxylic acids is 1. The number of primary amides is 1. The molecule has 0 saturated heterocycles. The number of carbonyl (C=O) groups is 2. The lowest BCUT2D eigenvalue weighted by atomic mass is 9.94. The highest BCUT2D eigenvalue weighted by Crippen LogP contribution is 2.33. The number of aryl methyl sites for hydroxylation is 2. The van der Waals surface area contributed by atoms with Gasteiger partial charge < -0.3 is 10.8 Å². The Hall–Kier alpha value is -4.61. The van der Waals surface area contributed by atoms with E-state index in [1.165, 1.54) is 7.05 Å². The van der Waals surface area contributed by atoms with Crippen LogP contribution in [0.3, 0.4) is 0 Å². The van der Waals surface area contributed by atoms with Crippen molar-refractivity contribution < 1.29 is 36.6 Å². The first-order chi connectivity index (χ1) is 17.8. The Balaban J connectivity index is 0.000000304. The Morgan fingerprint density at radius 3 is 2.08 bits per heavy atom. The summed E-state index contributed by atoms with van der Waals surface area (Å²) in [5.41, 5.74) is 3.19. The van der Waals surface area contributed by atoms with Crippen LogP contribution in [0.2, 0.25) is 0 Å². The molecule has 1 aromatic heterocycles. The summed E-state index contributed by atoms with van der Waals surface area (Å²) in [6.07, 6.45) is -4.48. The normalized spacial score (nSPS) is 11.1. The van der Waals surface area contributed by atoms with Gasteiger partial charge in [0.1, 0.15) is 17.2 Å². The number of amides is 1. The minimum absolute atomic E-state index is 0.0708. The van der Waals surface area contributed by atoms with Gasteiger partial charge in [0.15, 0.2) is 5.69 Å². The molecule has 0 atom stereocenters. The van der Waals surface area contributed by atoms with Crippen molar-refractivity contribution in [1.29, 1.82) is 0 Å². The largest absolute Gasteiger partial charge is 0.481 e. The van der Waals surface area contributed by atoms with Gasteiger partial charge in [0.05, 0.1) is 5.56 Å². The number of alkyl halides is 3. The third-order valence-electron chi connectivity index (χ3n) is 5.47. The number of nitrogens with zero attached hydrogens (tertiary/aromatic N) is 2. The molecule has 12 heteroatoms. The van der Waals surface area contributed by atoms with E-state index >= 15 is 0 Å². The van der Waals surface area contributed by atoms with Crippen LogP contribution in [0.25, 0.3) is 21.9 Å². The molecule has 1 amide bonds. The molecule has 0 saturated carbocycles. The SMILES string of the molecule is Cn1nc(C(F)(F)F)cc(-c2cccc3c(CCC(=O)O)cccc23)c1=O.NC(=O)c1c(F)cccc1F. The second kappa shape index (κ2) is 11.2. The number of aliphatic carboxylic acids is 1. The number of rotatable bonds is 5. The van der Waals surface area contributed by atoms with E-state index in [1.807, 2.05) is 0 Å². The van der Waals surface area contributed by atoms with Gasteiger partial charge in [-0.25, -0.2) is 13.5 Å². The van der Waals surface area contributed by atoms with Gasteiger partial charge in [-0.2, -0.15) is 18.3 Å². The number of benzene rings is 3. The molecule has 0 aliphatic heterocycles. The zero-order valence-electron chi connectivity index (χ0n) is 19.7. The number of carboxylic acid groups (broad SMARTS) is 1.